The van der Waals surface area contributed by atoms with E-state index in [2.05, 4.69) is 18.8 Å². The quantitative estimate of drug-likeness (QED) is 0.475. The van der Waals surface area contributed by atoms with Crippen LogP contribution in [0.1, 0.15) is 31.4 Å². The van der Waals surface area contributed by atoms with Gasteiger partial charge in [0.2, 0.25) is 0 Å². The van der Waals surface area contributed by atoms with Gasteiger partial charge in [0.25, 0.3) is 5.56 Å². The predicted octanol–water partition coefficient (Wildman–Crippen LogP) is 3.89. The third kappa shape index (κ3) is 3.95. The molecule has 31 heavy (non-hydrogen) atoms. The van der Waals surface area contributed by atoms with Crippen molar-refractivity contribution in [3.63, 3.8) is 0 Å². The summed E-state index contributed by atoms with van der Waals surface area (Å²) in [5.41, 5.74) is 2.38. The molecule has 0 aliphatic heterocycles. The zero-order chi connectivity index (χ0) is 22.1. The van der Waals surface area contributed by atoms with Crippen LogP contribution in [0.25, 0.3) is 16.9 Å². The van der Waals surface area contributed by atoms with Crippen LogP contribution >= 0.6 is 0 Å². The Morgan fingerprint density at radius 2 is 1.74 bits per heavy atom. The number of hydrogen-bond donors (Lipinski definition) is 0. The summed E-state index contributed by atoms with van der Waals surface area (Å²) in [6, 6.07) is 13.7. The molecule has 0 aliphatic carbocycles. The monoisotopic (exact) mass is 420 g/mol. The topological polar surface area (TPSA) is 61.8 Å². The molecule has 0 saturated heterocycles. The van der Waals surface area contributed by atoms with E-state index in [4.69, 9.17) is 0 Å². The fourth-order valence-electron chi connectivity index (χ4n) is 3.70. The van der Waals surface area contributed by atoms with E-state index in [0.29, 0.717) is 42.3 Å². The first-order chi connectivity index (χ1) is 14.9. The Morgan fingerprint density at radius 1 is 1.03 bits per heavy atom. The summed E-state index contributed by atoms with van der Waals surface area (Å²) in [6.07, 6.45) is 2.27. The molecule has 4 rings (SSSR count). The largest absolute Gasteiger partial charge is 0.337 e. The van der Waals surface area contributed by atoms with Crippen LogP contribution in [0.15, 0.2) is 64.4 Å². The van der Waals surface area contributed by atoms with Crippen LogP contribution in [0, 0.1) is 18.7 Å². The number of hydrogen-bond acceptors (Lipinski definition) is 3. The highest BCUT2D eigenvalue weighted by molar-refractivity contribution is 5.73. The molecule has 2 heterocycles. The first kappa shape index (κ1) is 20.8. The average molecular weight is 420 g/mol. The van der Waals surface area contributed by atoms with Gasteiger partial charge in [-0.05, 0) is 48.6 Å². The summed E-state index contributed by atoms with van der Waals surface area (Å²) < 4.78 is 17.8. The van der Waals surface area contributed by atoms with E-state index in [1.165, 1.54) is 21.3 Å². The SMILES string of the molecule is Cc1ccccc1-n1c(=O)n(CCC(C)C)c(=O)c2c1ncn2Cc1ccc(F)cc1. The van der Waals surface area contributed by atoms with E-state index in [0.717, 1.165) is 11.1 Å². The highest BCUT2D eigenvalue weighted by Crippen LogP contribution is 2.18. The van der Waals surface area contributed by atoms with Crippen molar-refractivity contribution in [1.82, 2.24) is 18.7 Å². The van der Waals surface area contributed by atoms with Gasteiger partial charge in [0.05, 0.1) is 12.0 Å². The Morgan fingerprint density at radius 3 is 2.42 bits per heavy atom. The summed E-state index contributed by atoms with van der Waals surface area (Å²) in [5, 5.41) is 0. The molecule has 2 aromatic heterocycles. The fourth-order valence-corrected chi connectivity index (χ4v) is 3.70. The van der Waals surface area contributed by atoms with Crippen LogP contribution < -0.4 is 11.2 Å². The standard InChI is InChI=1S/C24H25FN4O2/c1-16(2)12-13-28-23(30)21-22(29(24(28)31)20-7-5-4-6-17(20)3)26-15-27(21)14-18-8-10-19(25)11-9-18/h4-11,15-16H,12-14H2,1-3H3. The molecular weight excluding hydrogens is 395 g/mol. The van der Waals surface area contributed by atoms with Gasteiger partial charge in [-0.25, -0.2) is 18.7 Å². The number of aromatic nitrogens is 4. The van der Waals surface area contributed by atoms with Crippen molar-refractivity contribution in [3.05, 3.63) is 92.6 Å². The molecule has 0 N–H and O–H groups in total. The van der Waals surface area contributed by atoms with E-state index >= 15 is 0 Å². The molecule has 0 saturated carbocycles. The zero-order valence-electron chi connectivity index (χ0n) is 17.9. The van der Waals surface area contributed by atoms with Crippen LogP contribution in [0.3, 0.4) is 0 Å². The van der Waals surface area contributed by atoms with E-state index < -0.39 is 0 Å². The number of halogens is 1. The maximum Gasteiger partial charge on any atom is 0.337 e. The number of rotatable bonds is 6. The third-order valence-electron chi connectivity index (χ3n) is 5.45. The third-order valence-corrected chi connectivity index (χ3v) is 5.45. The zero-order valence-corrected chi connectivity index (χ0v) is 17.9. The van der Waals surface area contributed by atoms with Gasteiger partial charge in [-0.1, -0.05) is 44.2 Å². The summed E-state index contributed by atoms with van der Waals surface area (Å²) in [4.78, 5) is 31.2. The highest BCUT2D eigenvalue weighted by Gasteiger charge is 2.20. The Labute approximate surface area is 179 Å². The fraction of sp³-hybridized carbons (Fsp3) is 0.292. The first-order valence-electron chi connectivity index (χ1n) is 10.4. The van der Waals surface area contributed by atoms with Crippen molar-refractivity contribution in [2.45, 2.75) is 40.3 Å². The summed E-state index contributed by atoms with van der Waals surface area (Å²) in [6.45, 7) is 6.72. The molecular formula is C24H25FN4O2. The smallest absolute Gasteiger partial charge is 0.320 e. The Balaban J connectivity index is 1.97. The van der Waals surface area contributed by atoms with Gasteiger partial charge in [0.1, 0.15) is 5.82 Å². The minimum atomic E-state index is -0.389. The normalized spacial score (nSPS) is 11.5. The van der Waals surface area contributed by atoms with Crippen molar-refractivity contribution >= 4 is 11.2 Å². The lowest BCUT2D eigenvalue weighted by molar-refractivity contribution is 0.491. The second-order valence-electron chi connectivity index (χ2n) is 8.21. The lowest BCUT2D eigenvalue weighted by atomic mass is 10.1. The van der Waals surface area contributed by atoms with E-state index in [9.17, 15) is 14.0 Å². The Kier molecular flexibility index (Phi) is 5.59. The van der Waals surface area contributed by atoms with Gasteiger partial charge in [0.15, 0.2) is 11.2 Å². The maximum atomic E-state index is 13.4. The van der Waals surface area contributed by atoms with Crippen LogP contribution in [0.2, 0.25) is 0 Å². The molecule has 2 aromatic carbocycles. The second-order valence-corrected chi connectivity index (χ2v) is 8.21. The molecule has 0 unspecified atom stereocenters. The predicted molar refractivity (Wildman–Crippen MR) is 119 cm³/mol. The average Bonchev–Trinajstić information content (AvgIpc) is 3.14. The van der Waals surface area contributed by atoms with Gasteiger partial charge < -0.3 is 4.57 Å². The van der Waals surface area contributed by atoms with Gasteiger partial charge in [-0.15, -0.1) is 0 Å². The number of imidazole rings is 1. The van der Waals surface area contributed by atoms with Gasteiger partial charge in [-0.2, -0.15) is 0 Å². The lowest BCUT2D eigenvalue weighted by Crippen LogP contribution is -2.40. The van der Waals surface area contributed by atoms with E-state index in [1.807, 2.05) is 31.2 Å². The summed E-state index contributed by atoms with van der Waals surface area (Å²) in [5.74, 6) is 0.0294. The second kappa shape index (κ2) is 8.34. The lowest BCUT2D eigenvalue weighted by Gasteiger charge is -2.15. The molecule has 0 spiro atoms. The minimum absolute atomic E-state index is 0.316. The number of benzene rings is 2. The number of fused-ring (bicyclic) bond motifs is 1. The first-order valence-corrected chi connectivity index (χ1v) is 10.4. The van der Waals surface area contributed by atoms with Crippen LogP contribution in [-0.2, 0) is 13.1 Å². The molecule has 6 nitrogen and oxygen atoms in total. The molecule has 0 bridgehead atoms. The van der Waals surface area contributed by atoms with Crippen molar-refractivity contribution in [2.24, 2.45) is 5.92 Å². The van der Waals surface area contributed by atoms with Crippen LogP contribution in [0.4, 0.5) is 4.39 Å². The van der Waals surface area contributed by atoms with Crippen molar-refractivity contribution < 1.29 is 4.39 Å². The van der Waals surface area contributed by atoms with Crippen LogP contribution in [-0.4, -0.2) is 18.7 Å². The molecule has 0 amide bonds. The maximum absolute atomic E-state index is 13.4. The van der Waals surface area contributed by atoms with Crippen molar-refractivity contribution in [3.8, 4) is 5.69 Å². The van der Waals surface area contributed by atoms with Crippen molar-refractivity contribution in [1.29, 1.82) is 0 Å². The number of aryl methyl sites for hydroxylation is 1. The van der Waals surface area contributed by atoms with Gasteiger partial charge in [0, 0.05) is 13.1 Å². The number of nitrogens with zero attached hydrogens (tertiary/aromatic N) is 4. The van der Waals surface area contributed by atoms with Crippen LogP contribution in [0.5, 0.6) is 0 Å². The molecule has 0 aliphatic rings. The molecule has 0 fully saturated rings. The van der Waals surface area contributed by atoms with Gasteiger partial charge in [-0.3, -0.25) is 9.36 Å². The van der Waals surface area contributed by atoms with E-state index in [1.54, 1.807) is 23.0 Å². The molecule has 0 atom stereocenters. The Bertz CT molecular complexity index is 1350. The van der Waals surface area contributed by atoms with E-state index in [-0.39, 0.29) is 17.1 Å². The summed E-state index contributed by atoms with van der Waals surface area (Å²) in [7, 11) is 0. The number of para-hydroxylation sites is 1. The molecule has 160 valence electrons. The molecule has 0 radical (unpaired) electrons. The Hall–Kier alpha value is -3.48. The van der Waals surface area contributed by atoms with Gasteiger partial charge >= 0.3 is 5.69 Å². The highest BCUT2D eigenvalue weighted by atomic mass is 19.1. The van der Waals surface area contributed by atoms with Crippen molar-refractivity contribution in [2.75, 3.05) is 0 Å². The molecule has 7 heteroatoms. The minimum Gasteiger partial charge on any atom is -0.320 e. The summed E-state index contributed by atoms with van der Waals surface area (Å²) >= 11 is 0. The molecule has 4 aromatic rings.